The average molecular weight is 411 g/mol. The van der Waals surface area contributed by atoms with Crippen molar-refractivity contribution in [3.63, 3.8) is 0 Å². The van der Waals surface area contributed by atoms with Crippen LogP contribution in [0.2, 0.25) is 0 Å². The topological polar surface area (TPSA) is 100 Å². The van der Waals surface area contributed by atoms with Crippen molar-refractivity contribution in [2.24, 2.45) is 0 Å². The van der Waals surface area contributed by atoms with Gasteiger partial charge in [-0.1, -0.05) is 24.3 Å². The molecule has 1 atom stereocenters. The van der Waals surface area contributed by atoms with Crippen molar-refractivity contribution in [2.75, 3.05) is 26.9 Å². The summed E-state index contributed by atoms with van der Waals surface area (Å²) in [5.41, 5.74) is 1.10. The maximum absolute atomic E-state index is 11.9. The molecular weight excluding hydrogens is 390 g/mol. The van der Waals surface area contributed by atoms with Gasteiger partial charge < -0.3 is 24.3 Å². The first-order chi connectivity index (χ1) is 14.5. The first-order valence-corrected chi connectivity index (χ1v) is 9.23. The summed E-state index contributed by atoms with van der Waals surface area (Å²) in [6.07, 6.45) is 2.40. The minimum absolute atomic E-state index is 0.229. The molecule has 0 radical (unpaired) electrons. The van der Waals surface area contributed by atoms with Crippen LogP contribution in [-0.2, 0) is 19.1 Å². The number of ether oxygens (including phenoxy) is 4. The molecule has 2 aromatic carbocycles. The summed E-state index contributed by atoms with van der Waals surface area (Å²) in [4.78, 5) is 35.0. The van der Waals surface area contributed by atoms with Crippen molar-refractivity contribution >= 4 is 23.9 Å². The van der Waals surface area contributed by atoms with Gasteiger partial charge in [0, 0.05) is 6.08 Å². The zero-order valence-electron chi connectivity index (χ0n) is 16.3. The second-order valence-electron chi connectivity index (χ2n) is 6.36. The van der Waals surface area contributed by atoms with Crippen molar-refractivity contribution in [3.8, 4) is 11.5 Å². The highest BCUT2D eigenvalue weighted by atomic mass is 16.6. The van der Waals surface area contributed by atoms with Crippen LogP contribution in [0.1, 0.15) is 15.9 Å². The molecule has 0 saturated carbocycles. The minimum atomic E-state index is -0.659. The fourth-order valence-electron chi connectivity index (χ4n) is 2.64. The third-order valence-corrected chi connectivity index (χ3v) is 4.18. The van der Waals surface area contributed by atoms with E-state index in [1.54, 1.807) is 30.3 Å². The van der Waals surface area contributed by atoms with E-state index in [1.165, 1.54) is 19.3 Å². The molecule has 0 bridgehead atoms. The Morgan fingerprint density at radius 3 is 2.57 bits per heavy atom. The summed E-state index contributed by atoms with van der Waals surface area (Å²) in [6, 6.07) is 13.8. The van der Waals surface area contributed by atoms with Crippen LogP contribution >= 0.6 is 0 Å². The van der Waals surface area contributed by atoms with Crippen molar-refractivity contribution in [1.29, 1.82) is 0 Å². The quantitative estimate of drug-likeness (QED) is 0.549. The standard InChI is InChI=1S/C22H21NO7/c1-27-22(26)16-9-6-15(7-10-16)8-11-21(25)29-14-20(24)23-12-17-13-28-18-4-2-3-5-19(18)30-17/h2-11,17H,12-14H2,1H3,(H,23,24)/b11-8+/t17-/m0/s1. The summed E-state index contributed by atoms with van der Waals surface area (Å²) in [6.45, 7) is 0.135. The van der Waals surface area contributed by atoms with Gasteiger partial charge in [-0.3, -0.25) is 4.79 Å². The lowest BCUT2D eigenvalue weighted by atomic mass is 10.1. The fourth-order valence-corrected chi connectivity index (χ4v) is 2.64. The second-order valence-corrected chi connectivity index (χ2v) is 6.36. The van der Waals surface area contributed by atoms with Gasteiger partial charge in [0.05, 0.1) is 19.2 Å². The summed E-state index contributed by atoms with van der Waals surface area (Å²) < 4.78 is 20.8. The number of fused-ring (bicyclic) bond motifs is 1. The molecule has 1 amide bonds. The summed E-state index contributed by atoms with van der Waals surface area (Å²) in [5.74, 6) is -0.250. The Bertz CT molecular complexity index is 937. The van der Waals surface area contributed by atoms with Crippen LogP contribution in [0, 0.1) is 0 Å². The molecule has 8 nitrogen and oxygen atoms in total. The minimum Gasteiger partial charge on any atom is -0.486 e. The number of carbonyl (C=O) groups is 3. The number of hydrogen-bond acceptors (Lipinski definition) is 7. The van der Waals surface area contributed by atoms with Crippen molar-refractivity contribution in [1.82, 2.24) is 5.32 Å². The number of esters is 2. The van der Waals surface area contributed by atoms with E-state index in [9.17, 15) is 14.4 Å². The Morgan fingerprint density at radius 2 is 1.83 bits per heavy atom. The van der Waals surface area contributed by atoms with Crippen molar-refractivity contribution in [3.05, 3.63) is 65.7 Å². The Morgan fingerprint density at radius 1 is 1.10 bits per heavy atom. The smallest absolute Gasteiger partial charge is 0.337 e. The van der Waals surface area contributed by atoms with Crippen LogP contribution in [0.15, 0.2) is 54.6 Å². The maximum atomic E-state index is 11.9. The lowest BCUT2D eigenvalue weighted by Gasteiger charge is -2.26. The van der Waals surface area contributed by atoms with E-state index in [1.807, 2.05) is 18.2 Å². The van der Waals surface area contributed by atoms with E-state index in [-0.39, 0.29) is 12.6 Å². The molecule has 0 aromatic heterocycles. The number of rotatable bonds is 7. The molecule has 0 fully saturated rings. The molecule has 1 aliphatic rings. The SMILES string of the molecule is COC(=O)c1ccc(/C=C/C(=O)OCC(=O)NC[C@H]2COc3ccccc3O2)cc1. The van der Waals surface area contributed by atoms with Gasteiger partial charge in [0.1, 0.15) is 12.7 Å². The van der Waals surface area contributed by atoms with Crippen LogP contribution in [0.5, 0.6) is 11.5 Å². The molecule has 8 heteroatoms. The Labute approximate surface area is 173 Å². The van der Waals surface area contributed by atoms with Gasteiger partial charge in [-0.2, -0.15) is 0 Å². The molecule has 156 valence electrons. The number of para-hydroxylation sites is 2. The molecule has 2 aromatic rings. The largest absolute Gasteiger partial charge is 0.486 e. The molecule has 0 saturated heterocycles. The van der Waals surface area contributed by atoms with Crippen LogP contribution in [0.25, 0.3) is 6.08 Å². The Hall–Kier alpha value is -3.81. The number of methoxy groups -OCH3 is 1. The van der Waals surface area contributed by atoms with Gasteiger partial charge in [0.2, 0.25) is 0 Å². The predicted octanol–water partition coefficient (Wildman–Crippen LogP) is 1.99. The summed E-state index contributed by atoms with van der Waals surface area (Å²) in [5, 5.41) is 2.65. The highest BCUT2D eigenvalue weighted by Gasteiger charge is 2.21. The highest BCUT2D eigenvalue weighted by molar-refractivity contribution is 5.91. The summed E-state index contributed by atoms with van der Waals surface area (Å²) >= 11 is 0. The van der Waals surface area contributed by atoms with Gasteiger partial charge in [0.15, 0.2) is 18.1 Å². The molecule has 0 aliphatic carbocycles. The first-order valence-electron chi connectivity index (χ1n) is 9.23. The van der Waals surface area contributed by atoms with Gasteiger partial charge in [-0.05, 0) is 35.9 Å². The van der Waals surface area contributed by atoms with Crippen LogP contribution in [0.4, 0.5) is 0 Å². The molecule has 0 unspecified atom stereocenters. The van der Waals surface area contributed by atoms with Crippen molar-refractivity contribution < 1.29 is 33.3 Å². The molecule has 1 aliphatic heterocycles. The normalized spacial score (nSPS) is 14.8. The van der Waals surface area contributed by atoms with Gasteiger partial charge >= 0.3 is 11.9 Å². The fraction of sp³-hybridized carbons (Fsp3) is 0.227. The number of hydrogen-bond donors (Lipinski definition) is 1. The van der Waals surface area contributed by atoms with E-state index in [4.69, 9.17) is 14.2 Å². The second kappa shape index (κ2) is 10.1. The highest BCUT2D eigenvalue weighted by Crippen LogP contribution is 2.30. The van der Waals surface area contributed by atoms with E-state index in [0.29, 0.717) is 29.2 Å². The van der Waals surface area contributed by atoms with E-state index < -0.39 is 24.5 Å². The molecule has 1 heterocycles. The van der Waals surface area contributed by atoms with Crippen LogP contribution in [0.3, 0.4) is 0 Å². The molecular formula is C22H21NO7. The van der Waals surface area contributed by atoms with Crippen LogP contribution < -0.4 is 14.8 Å². The van der Waals surface area contributed by atoms with Crippen LogP contribution in [-0.4, -0.2) is 50.8 Å². The third-order valence-electron chi connectivity index (χ3n) is 4.18. The Balaban J connectivity index is 1.38. The van der Waals surface area contributed by atoms with E-state index in [2.05, 4.69) is 10.1 Å². The van der Waals surface area contributed by atoms with Gasteiger partial charge in [-0.15, -0.1) is 0 Å². The Kier molecular flexibility index (Phi) is 7.05. The van der Waals surface area contributed by atoms with Crippen molar-refractivity contribution in [2.45, 2.75) is 6.10 Å². The zero-order chi connectivity index (χ0) is 21.3. The number of nitrogens with one attached hydrogen (secondary N) is 1. The van der Waals surface area contributed by atoms with E-state index in [0.717, 1.165) is 0 Å². The molecule has 3 rings (SSSR count). The lowest BCUT2D eigenvalue weighted by molar-refractivity contribution is -0.143. The predicted molar refractivity (Wildman–Crippen MR) is 107 cm³/mol. The monoisotopic (exact) mass is 411 g/mol. The summed E-state index contributed by atoms with van der Waals surface area (Å²) in [7, 11) is 1.30. The third kappa shape index (κ3) is 5.84. The lowest BCUT2D eigenvalue weighted by Crippen LogP contribution is -2.42. The average Bonchev–Trinajstić information content (AvgIpc) is 2.79. The molecule has 0 spiro atoms. The van der Waals surface area contributed by atoms with E-state index >= 15 is 0 Å². The maximum Gasteiger partial charge on any atom is 0.337 e. The molecule has 30 heavy (non-hydrogen) atoms. The number of benzene rings is 2. The van der Waals surface area contributed by atoms with Gasteiger partial charge in [-0.25, -0.2) is 9.59 Å². The zero-order valence-corrected chi connectivity index (χ0v) is 16.3. The first kappa shape index (κ1) is 20.9. The number of carbonyl (C=O) groups excluding carboxylic acids is 3. The molecule has 1 N–H and O–H groups in total. The number of amides is 1. The van der Waals surface area contributed by atoms with Gasteiger partial charge in [0.25, 0.3) is 5.91 Å².